The second-order valence-corrected chi connectivity index (χ2v) is 7.93. The number of amides is 1. The average Bonchev–Trinajstić information content (AvgIpc) is 3.26. The van der Waals surface area contributed by atoms with Crippen molar-refractivity contribution in [2.24, 2.45) is 0 Å². The highest BCUT2D eigenvalue weighted by Crippen LogP contribution is 2.38. The zero-order valence-electron chi connectivity index (χ0n) is 15.7. The van der Waals surface area contributed by atoms with E-state index in [1.807, 2.05) is 13.0 Å². The molecule has 2 heterocycles. The van der Waals surface area contributed by atoms with Gasteiger partial charge in [0.1, 0.15) is 11.5 Å². The van der Waals surface area contributed by atoms with E-state index in [1.165, 1.54) is 17.8 Å². The van der Waals surface area contributed by atoms with Crippen LogP contribution in [0.4, 0.5) is 5.69 Å². The van der Waals surface area contributed by atoms with Crippen LogP contribution in [0.5, 0.6) is 11.5 Å². The van der Waals surface area contributed by atoms with Crippen LogP contribution in [0.2, 0.25) is 0 Å². The number of aromatic nitrogens is 2. The fraction of sp³-hybridized carbons (Fsp3) is 0.350. The normalized spacial score (nSPS) is 13.8. The predicted octanol–water partition coefficient (Wildman–Crippen LogP) is 4.40. The molecule has 0 saturated heterocycles. The summed E-state index contributed by atoms with van der Waals surface area (Å²) in [5.74, 6) is 2.80. The minimum atomic E-state index is -0.230. The lowest BCUT2D eigenvalue weighted by Gasteiger charge is -2.20. The Morgan fingerprint density at radius 2 is 2.04 bits per heavy atom. The molecule has 1 aliphatic rings. The van der Waals surface area contributed by atoms with Gasteiger partial charge in [-0.25, -0.2) is 0 Å². The second-order valence-electron chi connectivity index (χ2n) is 6.68. The molecule has 1 aliphatic carbocycles. The molecule has 28 heavy (non-hydrogen) atoms. The number of benzene rings is 1. The third-order valence-corrected chi connectivity index (χ3v) is 5.78. The Morgan fingerprint density at radius 3 is 2.71 bits per heavy atom. The quantitative estimate of drug-likeness (QED) is 0.634. The molecule has 0 radical (unpaired) electrons. The molecule has 3 aromatic rings. The van der Waals surface area contributed by atoms with Crippen molar-refractivity contribution in [3.63, 3.8) is 0 Å². The molecule has 1 N–H and O–H groups in total. The molecule has 0 aliphatic heterocycles. The first-order chi connectivity index (χ1) is 13.6. The summed E-state index contributed by atoms with van der Waals surface area (Å²) in [6.45, 7) is 1.87. The summed E-state index contributed by atoms with van der Waals surface area (Å²) in [5.41, 5.74) is 0.735. The number of hydrogen-bond donors (Lipinski definition) is 1. The van der Waals surface area contributed by atoms with Gasteiger partial charge >= 0.3 is 0 Å². The zero-order chi connectivity index (χ0) is 19.5. The number of ether oxygens (including phenoxy) is 2. The molecule has 4 rings (SSSR count). The Labute approximate surface area is 166 Å². The summed E-state index contributed by atoms with van der Waals surface area (Å²) in [6, 6.07) is 8.96. The fourth-order valence-corrected chi connectivity index (χ4v) is 3.78. The van der Waals surface area contributed by atoms with Gasteiger partial charge in [-0.3, -0.25) is 4.79 Å². The van der Waals surface area contributed by atoms with Gasteiger partial charge in [-0.2, -0.15) is 4.98 Å². The molecule has 0 unspecified atom stereocenters. The highest BCUT2D eigenvalue weighted by molar-refractivity contribution is 7.16. The van der Waals surface area contributed by atoms with Crippen LogP contribution in [0, 0.1) is 6.92 Å². The number of nitrogens with one attached hydrogen (secondary N) is 1. The van der Waals surface area contributed by atoms with Crippen molar-refractivity contribution < 1.29 is 18.8 Å². The maximum absolute atomic E-state index is 12.2. The van der Waals surface area contributed by atoms with Crippen molar-refractivity contribution in [1.82, 2.24) is 10.1 Å². The number of anilines is 1. The van der Waals surface area contributed by atoms with Crippen LogP contribution in [-0.4, -0.2) is 29.8 Å². The molecule has 146 valence electrons. The maximum atomic E-state index is 12.2. The van der Waals surface area contributed by atoms with Gasteiger partial charge in [-0.15, -0.1) is 11.3 Å². The van der Waals surface area contributed by atoms with Crippen LogP contribution in [0.25, 0.3) is 10.7 Å². The maximum Gasteiger partial charge on any atom is 0.262 e. The van der Waals surface area contributed by atoms with Crippen LogP contribution >= 0.6 is 11.3 Å². The first kappa shape index (κ1) is 18.5. The number of carbonyl (C=O) groups is 1. The summed E-state index contributed by atoms with van der Waals surface area (Å²) >= 11 is 1.52. The van der Waals surface area contributed by atoms with E-state index in [-0.39, 0.29) is 12.5 Å². The Bertz CT molecular complexity index is 960. The third kappa shape index (κ3) is 4.01. The summed E-state index contributed by atoms with van der Waals surface area (Å²) in [7, 11) is 1.60. The van der Waals surface area contributed by atoms with Crippen molar-refractivity contribution in [1.29, 1.82) is 0 Å². The predicted molar refractivity (Wildman–Crippen MR) is 106 cm³/mol. The van der Waals surface area contributed by atoms with E-state index in [1.54, 1.807) is 31.4 Å². The van der Waals surface area contributed by atoms with Gasteiger partial charge in [0.25, 0.3) is 5.91 Å². The van der Waals surface area contributed by atoms with Crippen molar-refractivity contribution in [3.05, 3.63) is 41.1 Å². The van der Waals surface area contributed by atoms with Crippen molar-refractivity contribution in [2.45, 2.75) is 32.1 Å². The number of thiophene rings is 1. The fourth-order valence-electron chi connectivity index (χ4n) is 2.88. The number of carbonyl (C=O) groups excluding carboxylic acids is 1. The lowest BCUT2D eigenvalue weighted by molar-refractivity contribution is -0.118. The molecule has 0 atom stereocenters. The molecule has 7 nitrogen and oxygen atoms in total. The summed E-state index contributed by atoms with van der Waals surface area (Å²) in [6.07, 6.45) is 3.44. The van der Waals surface area contributed by atoms with E-state index in [0.717, 1.165) is 34.0 Å². The Hall–Kier alpha value is -2.87. The van der Waals surface area contributed by atoms with E-state index in [9.17, 15) is 4.79 Å². The van der Waals surface area contributed by atoms with Gasteiger partial charge in [0, 0.05) is 10.8 Å². The summed E-state index contributed by atoms with van der Waals surface area (Å²) in [5, 5.41) is 6.97. The lowest BCUT2D eigenvalue weighted by Crippen LogP contribution is -2.20. The SMILES string of the molecule is COc1ccc(OCC(=O)Nc2cc(-c3noc(C4CCC4)n3)sc2C)cc1. The van der Waals surface area contributed by atoms with Crippen LogP contribution < -0.4 is 14.8 Å². The molecule has 1 saturated carbocycles. The van der Waals surface area contributed by atoms with Gasteiger partial charge in [0.05, 0.1) is 17.7 Å². The van der Waals surface area contributed by atoms with E-state index in [0.29, 0.717) is 23.4 Å². The number of nitrogens with zero attached hydrogens (tertiary/aromatic N) is 2. The molecule has 1 amide bonds. The Morgan fingerprint density at radius 1 is 1.29 bits per heavy atom. The van der Waals surface area contributed by atoms with E-state index in [2.05, 4.69) is 15.5 Å². The van der Waals surface area contributed by atoms with E-state index < -0.39 is 0 Å². The Balaban J connectivity index is 1.36. The van der Waals surface area contributed by atoms with Crippen LogP contribution in [-0.2, 0) is 4.79 Å². The highest BCUT2D eigenvalue weighted by Gasteiger charge is 2.26. The first-order valence-electron chi connectivity index (χ1n) is 9.13. The van der Waals surface area contributed by atoms with Gasteiger partial charge in [0.15, 0.2) is 6.61 Å². The molecular formula is C20H21N3O4S. The van der Waals surface area contributed by atoms with E-state index >= 15 is 0 Å². The number of methoxy groups -OCH3 is 1. The molecule has 1 fully saturated rings. The summed E-state index contributed by atoms with van der Waals surface area (Å²) < 4.78 is 16.0. The second kappa shape index (κ2) is 8.02. The topological polar surface area (TPSA) is 86.5 Å². The number of hydrogen-bond acceptors (Lipinski definition) is 7. The van der Waals surface area contributed by atoms with Crippen LogP contribution in [0.1, 0.15) is 35.9 Å². The average molecular weight is 399 g/mol. The molecule has 8 heteroatoms. The van der Waals surface area contributed by atoms with Crippen molar-refractivity contribution >= 4 is 22.9 Å². The largest absolute Gasteiger partial charge is 0.497 e. The van der Waals surface area contributed by atoms with Crippen LogP contribution in [0.3, 0.4) is 0 Å². The lowest BCUT2D eigenvalue weighted by atomic mass is 9.85. The first-order valence-corrected chi connectivity index (χ1v) is 9.95. The standard InChI is InChI=1S/C20H21N3O4S/c1-12-16(21-18(24)11-26-15-8-6-14(25-2)7-9-15)10-17(28-12)19-22-20(27-23-19)13-4-3-5-13/h6-10,13H,3-5,11H2,1-2H3,(H,21,24). The third-order valence-electron chi connectivity index (χ3n) is 4.74. The number of aryl methyl sites for hydroxylation is 1. The number of rotatable bonds is 7. The van der Waals surface area contributed by atoms with Gasteiger partial charge < -0.3 is 19.3 Å². The monoisotopic (exact) mass is 399 g/mol. The highest BCUT2D eigenvalue weighted by atomic mass is 32.1. The van der Waals surface area contributed by atoms with Crippen LogP contribution in [0.15, 0.2) is 34.9 Å². The van der Waals surface area contributed by atoms with Gasteiger partial charge in [-0.05, 0) is 50.1 Å². The van der Waals surface area contributed by atoms with Gasteiger partial charge in [0.2, 0.25) is 11.7 Å². The molecule has 0 bridgehead atoms. The molecule has 0 spiro atoms. The molecule has 1 aromatic carbocycles. The molecular weight excluding hydrogens is 378 g/mol. The smallest absolute Gasteiger partial charge is 0.262 e. The minimum absolute atomic E-state index is 0.0784. The van der Waals surface area contributed by atoms with Crippen molar-refractivity contribution in [2.75, 3.05) is 19.0 Å². The zero-order valence-corrected chi connectivity index (χ0v) is 16.5. The minimum Gasteiger partial charge on any atom is -0.497 e. The Kier molecular flexibility index (Phi) is 5.29. The summed E-state index contributed by atoms with van der Waals surface area (Å²) in [4.78, 5) is 18.6. The van der Waals surface area contributed by atoms with Crippen molar-refractivity contribution in [3.8, 4) is 22.2 Å². The van der Waals surface area contributed by atoms with E-state index in [4.69, 9.17) is 14.0 Å². The van der Waals surface area contributed by atoms with Gasteiger partial charge in [-0.1, -0.05) is 11.6 Å². The molecule has 2 aromatic heterocycles.